The van der Waals surface area contributed by atoms with E-state index in [1.54, 1.807) is 25.2 Å². The normalized spacial score (nSPS) is 34.7. The Kier molecular flexibility index (Phi) is 10.4. The number of carbonyl (C=O) groups is 2. The van der Waals surface area contributed by atoms with Gasteiger partial charge in [-0.3, -0.25) is 9.59 Å². The summed E-state index contributed by atoms with van der Waals surface area (Å²) in [5, 5.41) is 25.4. The molecule has 0 radical (unpaired) electrons. The van der Waals surface area contributed by atoms with E-state index in [1.807, 2.05) is 52.2 Å². The lowest BCUT2D eigenvalue weighted by Crippen LogP contribution is -2.46. The van der Waals surface area contributed by atoms with Crippen LogP contribution in [-0.2, 0) is 19.1 Å². The zero-order valence-corrected chi connectivity index (χ0v) is 25.6. The first-order valence-corrected chi connectivity index (χ1v) is 15.0. The van der Waals surface area contributed by atoms with Crippen LogP contribution < -0.4 is 0 Å². The van der Waals surface area contributed by atoms with Crippen molar-refractivity contribution in [1.29, 1.82) is 0 Å². The lowest BCUT2D eigenvalue weighted by molar-refractivity contribution is -0.154. The van der Waals surface area contributed by atoms with E-state index in [1.165, 1.54) is 0 Å². The number of esters is 1. The molecule has 2 aliphatic rings. The van der Waals surface area contributed by atoms with E-state index in [4.69, 9.17) is 9.47 Å². The number of hydrogen-bond acceptors (Lipinski definition) is 8. The third-order valence-electron chi connectivity index (χ3n) is 8.53. The molecule has 7 nitrogen and oxygen atoms in total. The summed E-state index contributed by atoms with van der Waals surface area (Å²) in [6.45, 7) is 15.2. The van der Waals surface area contributed by atoms with E-state index in [2.05, 4.69) is 11.9 Å². The lowest BCUT2D eigenvalue weighted by Gasteiger charge is -2.36. The first kappa shape index (κ1) is 31.7. The summed E-state index contributed by atoms with van der Waals surface area (Å²) in [5.74, 6) is -1.59. The molecular formula is C31H47NO6S. The van der Waals surface area contributed by atoms with Gasteiger partial charge in [0.2, 0.25) is 0 Å². The maximum atomic E-state index is 13.8. The third kappa shape index (κ3) is 8.09. The summed E-state index contributed by atoms with van der Waals surface area (Å²) in [5.41, 5.74) is 1.18. The summed E-state index contributed by atoms with van der Waals surface area (Å²) in [6, 6.07) is 0. The molecule has 39 heavy (non-hydrogen) atoms. The summed E-state index contributed by atoms with van der Waals surface area (Å²) in [7, 11) is 0. The molecule has 0 bridgehead atoms. The first-order valence-electron chi connectivity index (χ1n) is 14.2. The summed E-state index contributed by atoms with van der Waals surface area (Å²) < 4.78 is 12.0. The van der Waals surface area contributed by atoms with Crippen molar-refractivity contribution in [2.75, 3.05) is 0 Å². The van der Waals surface area contributed by atoms with Gasteiger partial charge in [0.05, 0.1) is 46.5 Å². The van der Waals surface area contributed by atoms with Gasteiger partial charge < -0.3 is 19.7 Å². The van der Waals surface area contributed by atoms with Gasteiger partial charge in [0, 0.05) is 17.7 Å². The highest BCUT2D eigenvalue weighted by molar-refractivity contribution is 7.09. The Labute approximate surface area is 237 Å². The van der Waals surface area contributed by atoms with E-state index in [-0.39, 0.29) is 29.8 Å². The van der Waals surface area contributed by atoms with Crippen LogP contribution in [0.25, 0.3) is 6.08 Å². The average molecular weight is 562 g/mol. The van der Waals surface area contributed by atoms with Crippen LogP contribution in [-0.4, -0.2) is 57.0 Å². The molecular weight excluding hydrogens is 514 g/mol. The summed E-state index contributed by atoms with van der Waals surface area (Å²) in [6.07, 6.45) is 4.20. The number of ketones is 1. The monoisotopic (exact) mass is 561 g/mol. The SMILES string of the molecule is CC(C)=CC[C@H]1C(=O)C(C)(C)[C@@H](O)CC(=O)O[C@H](C(C)=Cc2csc(C)n2)CC2OC2(C)CCC[C@H](C)[C@H]1O. The van der Waals surface area contributed by atoms with Crippen molar-refractivity contribution in [2.24, 2.45) is 17.3 Å². The molecule has 0 amide bonds. The van der Waals surface area contributed by atoms with Crippen molar-refractivity contribution in [1.82, 2.24) is 4.98 Å². The van der Waals surface area contributed by atoms with Gasteiger partial charge in [-0.2, -0.15) is 0 Å². The van der Waals surface area contributed by atoms with E-state index in [9.17, 15) is 19.8 Å². The fourth-order valence-electron chi connectivity index (χ4n) is 5.47. The van der Waals surface area contributed by atoms with Crippen LogP contribution in [0.3, 0.4) is 0 Å². The number of allylic oxidation sites excluding steroid dienone is 2. The molecule has 2 unspecified atom stereocenters. The van der Waals surface area contributed by atoms with Crippen molar-refractivity contribution >= 4 is 29.2 Å². The standard InChI is InChI=1S/C31H47NO6S/c1-18(2)11-12-23-28(35)19(3)10-9-13-31(8)26(38-31)15-24(20(4)14-22-17-39-21(5)32-22)37-27(34)16-25(33)30(6,7)29(23)36/h11,14,17,19,23-26,28,33,35H,9-10,12-13,15-16H2,1-8H3/t19-,23+,24-,25-,26?,28+,31?/m0/s1. The van der Waals surface area contributed by atoms with Crippen LogP contribution in [0.5, 0.6) is 0 Å². The Bertz CT molecular complexity index is 1090. The Morgan fingerprint density at radius 2 is 1.90 bits per heavy atom. The van der Waals surface area contributed by atoms with Gasteiger partial charge in [0.1, 0.15) is 11.9 Å². The average Bonchev–Trinajstić information content (AvgIpc) is 3.29. The van der Waals surface area contributed by atoms with Crippen LogP contribution in [0.4, 0.5) is 0 Å². The second-order valence-electron chi connectivity index (χ2n) is 12.6. The molecule has 0 saturated carbocycles. The highest BCUT2D eigenvalue weighted by Gasteiger charge is 2.53. The molecule has 8 heteroatoms. The number of aromatic nitrogens is 1. The number of aryl methyl sites for hydroxylation is 1. The van der Waals surface area contributed by atoms with E-state index in [0.29, 0.717) is 12.8 Å². The minimum Gasteiger partial charge on any atom is -0.458 e. The van der Waals surface area contributed by atoms with Gasteiger partial charge in [-0.15, -0.1) is 11.3 Å². The fraction of sp³-hybridized carbons (Fsp3) is 0.710. The van der Waals surface area contributed by atoms with E-state index in [0.717, 1.165) is 41.1 Å². The molecule has 1 aromatic rings. The molecule has 0 aromatic carbocycles. The Morgan fingerprint density at radius 3 is 2.51 bits per heavy atom. The number of carbonyl (C=O) groups excluding carboxylic acids is 2. The van der Waals surface area contributed by atoms with E-state index >= 15 is 0 Å². The fourth-order valence-corrected chi connectivity index (χ4v) is 6.04. The van der Waals surface area contributed by atoms with Crippen LogP contribution in [0.15, 0.2) is 22.6 Å². The Balaban J connectivity index is 1.90. The molecule has 0 aliphatic carbocycles. The van der Waals surface area contributed by atoms with Crippen LogP contribution in [0, 0.1) is 24.2 Å². The lowest BCUT2D eigenvalue weighted by atomic mass is 9.71. The first-order chi connectivity index (χ1) is 18.1. The van der Waals surface area contributed by atoms with Gasteiger partial charge in [-0.25, -0.2) is 4.98 Å². The van der Waals surface area contributed by atoms with Crippen molar-refractivity contribution in [3.05, 3.63) is 33.3 Å². The number of ether oxygens (including phenoxy) is 2. The maximum absolute atomic E-state index is 13.8. The number of fused-ring (bicyclic) bond motifs is 1. The highest BCUT2D eigenvalue weighted by Crippen LogP contribution is 2.45. The zero-order chi connectivity index (χ0) is 29.1. The quantitative estimate of drug-likeness (QED) is 0.271. The van der Waals surface area contributed by atoms with Crippen LogP contribution >= 0.6 is 11.3 Å². The van der Waals surface area contributed by atoms with Crippen molar-refractivity contribution < 1.29 is 29.3 Å². The van der Waals surface area contributed by atoms with Crippen molar-refractivity contribution in [2.45, 2.75) is 124 Å². The molecule has 3 heterocycles. The molecule has 2 fully saturated rings. The predicted molar refractivity (Wildman–Crippen MR) is 154 cm³/mol. The van der Waals surface area contributed by atoms with Gasteiger partial charge in [-0.05, 0) is 71.4 Å². The molecule has 7 atom stereocenters. The molecule has 2 aliphatic heterocycles. The Hall–Kier alpha value is -1.87. The largest absolute Gasteiger partial charge is 0.458 e. The van der Waals surface area contributed by atoms with E-state index < -0.39 is 35.6 Å². The number of hydrogen-bond donors (Lipinski definition) is 2. The van der Waals surface area contributed by atoms with Gasteiger partial charge in [0.15, 0.2) is 0 Å². The predicted octanol–water partition coefficient (Wildman–Crippen LogP) is 5.81. The minimum absolute atomic E-state index is 0.0580. The number of cyclic esters (lactones) is 1. The number of rotatable bonds is 4. The molecule has 3 rings (SSSR count). The third-order valence-corrected chi connectivity index (χ3v) is 9.32. The number of Topliss-reactive ketones (excluding diaryl/α,β-unsaturated/α-hetero) is 1. The second-order valence-corrected chi connectivity index (χ2v) is 13.7. The topological polar surface area (TPSA) is 109 Å². The van der Waals surface area contributed by atoms with Gasteiger partial charge >= 0.3 is 5.97 Å². The zero-order valence-electron chi connectivity index (χ0n) is 24.8. The number of thiazole rings is 1. The summed E-state index contributed by atoms with van der Waals surface area (Å²) >= 11 is 1.56. The molecule has 0 spiro atoms. The maximum Gasteiger partial charge on any atom is 0.309 e. The number of epoxide rings is 1. The smallest absolute Gasteiger partial charge is 0.309 e. The summed E-state index contributed by atoms with van der Waals surface area (Å²) in [4.78, 5) is 31.4. The number of aliphatic hydroxyl groups excluding tert-OH is 2. The van der Waals surface area contributed by atoms with Crippen molar-refractivity contribution in [3.8, 4) is 0 Å². The molecule has 1 aromatic heterocycles. The molecule has 2 saturated heterocycles. The van der Waals surface area contributed by atoms with Crippen LogP contribution in [0.2, 0.25) is 0 Å². The van der Waals surface area contributed by atoms with Gasteiger partial charge in [0.25, 0.3) is 0 Å². The Morgan fingerprint density at radius 1 is 1.21 bits per heavy atom. The number of aliphatic hydroxyl groups is 2. The second kappa shape index (κ2) is 12.8. The highest BCUT2D eigenvalue weighted by atomic mass is 32.1. The number of nitrogens with zero attached hydrogens (tertiary/aromatic N) is 1. The van der Waals surface area contributed by atoms with Gasteiger partial charge in [-0.1, -0.05) is 38.8 Å². The van der Waals surface area contributed by atoms with Crippen LogP contribution in [0.1, 0.15) is 97.7 Å². The molecule has 2 N–H and O–H groups in total. The molecule has 218 valence electrons. The van der Waals surface area contributed by atoms with Crippen molar-refractivity contribution in [3.63, 3.8) is 0 Å². The minimum atomic E-state index is -1.25.